The number of hydrogen-bond donors (Lipinski definition) is 1. The molecule has 0 bridgehead atoms. The second-order valence-electron chi connectivity index (χ2n) is 3.56. The highest BCUT2D eigenvalue weighted by Crippen LogP contribution is 2.19. The molecule has 0 unspecified atom stereocenters. The number of benzene rings is 1. The first-order chi connectivity index (χ1) is 7.31. The van der Waals surface area contributed by atoms with Gasteiger partial charge in [-0.1, -0.05) is 18.2 Å². The van der Waals surface area contributed by atoms with E-state index in [-0.39, 0.29) is 0 Å². The van der Waals surface area contributed by atoms with Crippen LogP contribution in [0, 0.1) is 6.92 Å². The van der Waals surface area contributed by atoms with Crippen molar-refractivity contribution in [2.75, 3.05) is 0 Å². The van der Waals surface area contributed by atoms with Crippen LogP contribution in [-0.4, -0.2) is 4.98 Å². The maximum absolute atomic E-state index is 5.62. The predicted octanol–water partition coefficient (Wildman–Crippen LogP) is 2.52. The van der Waals surface area contributed by atoms with Gasteiger partial charge in [0.15, 0.2) is 0 Å². The van der Waals surface area contributed by atoms with Crippen molar-refractivity contribution in [3.05, 3.63) is 53.7 Å². The van der Waals surface area contributed by atoms with Crippen molar-refractivity contribution in [3.8, 4) is 11.3 Å². The van der Waals surface area contributed by atoms with Crippen LogP contribution in [0.1, 0.15) is 11.1 Å². The van der Waals surface area contributed by atoms with Gasteiger partial charge in [0.1, 0.15) is 0 Å². The number of nitrogens with zero attached hydrogens (tertiary/aromatic N) is 1. The van der Waals surface area contributed by atoms with Crippen LogP contribution in [0.2, 0.25) is 0 Å². The van der Waals surface area contributed by atoms with E-state index in [9.17, 15) is 0 Å². The summed E-state index contributed by atoms with van der Waals surface area (Å²) in [4.78, 5) is 4.31. The molecule has 0 saturated heterocycles. The van der Waals surface area contributed by atoms with Crippen molar-refractivity contribution in [2.24, 2.45) is 5.73 Å². The summed E-state index contributed by atoms with van der Waals surface area (Å²) in [6.07, 6.45) is 1.81. The third kappa shape index (κ3) is 2.05. The van der Waals surface area contributed by atoms with Crippen molar-refractivity contribution < 1.29 is 0 Å². The Balaban J connectivity index is 2.43. The highest BCUT2D eigenvalue weighted by atomic mass is 14.7. The lowest BCUT2D eigenvalue weighted by molar-refractivity contribution is 1.05. The molecular formula is C13H14N2. The fraction of sp³-hybridized carbons (Fsp3) is 0.154. The minimum Gasteiger partial charge on any atom is -0.326 e. The van der Waals surface area contributed by atoms with Crippen molar-refractivity contribution in [1.82, 2.24) is 4.98 Å². The van der Waals surface area contributed by atoms with Crippen LogP contribution in [0.4, 0.5) is 0 Å². The van der Waals surface area contributed by atoms with E-state index >= 15 is 0 Å². The zero-order chi connectivity index (χ0) is 10.7. The van der Waals surface area contributed by atoms with Gasteiger partial charge in [0.25, 0.3) is 0 Å². The molecule has 0 fully saturated rings. The Morgan fingerprint density at radius 3 is 2.67 bits per heavy atom. The molecular weight excluding hydrogens is 184 g/mol. The fourth-order valence-electron chi connectivity index (χ4n) is 1.62. The Morgan fingerprint density at radius 1 is 1.20 bits per heavy atom. The maximum Gasteiger partial charge on any atom is 0.0702 e. The van der Waals surface area contributed by atoms with Crippen molar-refractivity contribution >= 4 is 0 Å². The standard InChI is InChI=1S/C13H14N2/c1-10-8-11(5-6-12(10)9-14)13-4-2-3-7-15-13/h2-8H,9,14H2,1H3. The molecule has 76 valence electrons. The van der Waals surface area contributed by atoms with E-state index < -0.39 is 0 Å². The Kier molecular flexibility index (Phi) is 2.79. The number of rotatable bonds is 2. The lowest BCUT2D eigenvalue weighted by atomic mass is 10.0. The van der Waals surface area contributed by atoms with E-state index in [1.807, 2.05) is 24.4 Å². The first kappa shape index (κ1) is 9.87. The molecule has 2 N–H and O–H groups in total. The smallest absolute Gasteiger partial charge is 0.0702 e. The molecule has 0 aliphatic heterocycles. The zero-order valence-corrected chi connectivity index (χ0v) is 8.77. The molecule has 1 aromatic carbocycles. The van der Waals surface area contributed by atoms with Gasteiger partial charge in [0, 0.05) is 18.3 Å². The summed E-state index contributed by atoms with van der Waals surface area (Å²) in [6.45, 7) is 2.67. The summed E-state index contributed by atoms with van der Waals surface area (Å²) in [5.74, 6) is 0. The molecule has 1 aromatic heterocycles. The predicted molar refractivity (Wildman–Crippen MR) is 62.3 cm³/mol. The molecule has 0 saturated carbocycles. The molecule has 0 aliphatic rings. The van der Waals surface area contributed by atoms with Crippen LogP contribution >= 0.6 is 0 Å². The van der Waals surface area contributed by atoms with E-state index in [2.05, 4.69) is 30.1 Å². The summed E-state index contributed by atoms with van der Waals surface area (Å²) in [5, 5.41) is 0. The number of aryl methyl sites for hydroxylation is 1. The van der Waals surface area contributed by atoms with Crippen LogP contribution in [0.3, 0.4) is 0 Å². The van der Waals surface area contributed by atoms with Gasteiger partial charge < -0.3 is 5.73 Å². The van der Waals surface area contributed by atoms with Crippen LogP contribution in [-0.2, 0) is 6.54 Å². The summed E-state index contributed by atoms with van der Waals surface area (Å²) in [6, 6.07) is 12.2. The molecule has 0 atom stereocenters. The largest absolute Gasteiger partial charge is 0.326 e. The molecule has 2 aromatic rings. The molecule has 0 radical (unpaired) electrons. The van der Waals surface area contributed by atoms with E-state index in [0.29, 0.717) is 6.54 Å². The molecule has 2 rings (SSSR count). The SMILES string of the molecule is Cc1cc(-c2ccccn2)ccc1CN. The van der Waals surface area contributed by atoms with Gasteiger partial charge in [-0.15, -0.1) is 0 Å². The van der Waals surface area contributed by atoms with E-state index in [1.165, 1.54) is 11.1 Å². The summed E-state index contributed by atoms with van der Waals surface area (Å²) in [7, 11) is 0. The minimum absolute atomic E-state index is 0.592. The Hall–Kier alpha value is -1.67. The van der Waals surface area contributed by atoms with Gasteiger partial charge in [0.2, 0.25) is 0 Å². The second kappa shape index (κ2) is 4.24. The normalized spacial score (nSPS) is 10.3. The van der Waals surface area contributed by atoms with Gasteiger partial charge in [-0.05, 0) is 36.2 Å². The van der Waals surface area contributed by atoms with Crippen molar-refractivity contribution in [3.63, 3.8) is 0 Å². The van der Waals surface area contributed by atoms with Gasteiger partial charge in [-0.2, -0.15) is 0 Å². The third-order valence-corrected chi connectivity index (χ3v) is 2.52. The van der Waals surface area contributed by atoms with Gasteiger partial charge in [-0.25, -0.2) is 0 Å². The molecule has 0 spiro atoms. The van der Waals surface area contributed by atoms with Crippen molar-refractivity contribution in [2.45, 2.75) is 13.5 Å². The van der Waals surface area contributed by atoms with Gasteiger partial charge in [0.05, 0.1) is 5.69 Å². The summed E-state index contributed by atoms with van der Waals surface area (Å²) >= 11 is 0. The molecule has 0 aliphatic carbocycles. The van der Waals surface area contributed by atoms with E-state index in [1.54, 1.807) is 0 Å². The van der Waals surface area contributed by atoms with Gasteiger partial charge in [-0.3, -0.25) is 4.98 Å². The molecule has 15 heavy (non-hydrogen) atoms. The molecule has 2 nitrogen and oxygen atoms in total. The van der Waals surface area contributed by atoms with Crippen molar-refractivity contribution in [1.29, 1.82) is 0 Å². The number of hydrogen-bond acceptors (Lipinski definition) is 2. The number of nitrogens with two attached hydrogens (primary N) is 1. The first-order valence-corrected chi connectivity index (χ1v) is 5.02. The second-order valence-corrected chi connectivity index (χ2v) is 3.56. The number of aromatic nitrogens is 1. The minimum atomic E-state index is 0.592. The quantitative estimate of drug-likeness (QED) is 0.805. The maximum atomic E-state index is 5.62. The van der Waals surface area contributed by atoms with Gasteiger partial charge >= 0.3 is 0 Å². The topological polar surface area (TPSA) is 38.9 Å². The van der Waals surface area contributed by atoms with Crippen LogP contribution in [0.15, 0.2) is 42.6 Å². The Labute approximate surface area is 89.8 Å². The van der Waals surface area contributed by atoms with E-state index in [4.69, 9.17) is 5.73 Å². The summed E-state index contributed by atoms with van der Waals surface area (Å²) in [5.41, 5.74) is 10.2. The first-order valence-electron chi connectivity index (χ1n) is 5.02. The Bertz CT molecular complexity index is 449. The highest BCUT2D eigenvalue weighted by molar-refractivity contribution is 5.60. The Morgan fingerprint density at radius 2 is 2.07 bits per heavy atom. The van der Waals surface area contributed by atoms with E-state index in [0.717, 1.165) is 11.3 Å². The average molecular weight is 198 g/mol. The van der Waals surface area contributed by atoms with Crippen LogP contribution in [0.5, 0.6) is 0 Å². The zero-order valence-electron chi connectivity index (χ0n) is 8.77. The van der Waals surface area contributed by atoms with Crippen LogP contribution in [0.25, 0.3) is 11.3 Å². The third-order valence-electron chi connectivity index (χ3n) is 2.52. The highest BCUT2D eigenvalue weighted by Gasteiger charge is 2.01. The molecule has 2 heteroatoms. The fourth-order valence-corrected chi connectivity index (χ4v) is 1.62. The number of pyridine rings is 1. The molecule has 1 heterocycles. The van der Waals surface area contributed by atoms with Crippen LogP contribution < -0.4 is 5.73 Å². The average Bonchev–Trinajstić information content (AvgIpc) is 2.30. The monoisotopic (exact) mass is 198 g/mol. The lowest BCUT2D eigenvalue weighted by Crippen LogP contribution is -1.98. The lowest BCUT2D eigenvalue weighted by Gasteiger charge is -2.06. The summed E-state index contributed by atoms with van der Waals surface area (Å²) < 4.78 is 0. The molecule has 0 amide bonds.